The summed E-state index contributed by atoms with van der Waals surface area (Å²) >= 11 is 0. The third-order valence-corrected chi connectivity index (χ3v) is 5.00. The monoisotopic (exact) mass is 318 g/mol. The predicted octanol–water partition coefficient (Wildman–Crippen LogP) is 2.25. The van der Waals surface area contributed by atoms with Crippen molar-refractivity contribution in [1.29, 1.82) is 0 Å². The first-order chi connectivity index (χ1) is 11.1. The molecule has 1 atom stereocenters. The van der Waals surface area contributed by atoms with E-state index in [9.17, 15) is 4.79 Å². The Morgan fingerprint density at radius 3 is 3.00 bits per heavy atom. The molecule has 2 saturated heterocycles. The molecule has 1 aromatic rings. The van der Waals surface area contributed by atoms with Gasteiger partial charge in [0, 0.05) is 33.3 Å². The third-order valence-electron chi connectivity index (χ3n) is 5.00. The smallest absolute Gasteiger partial charge is 0.230 e. The quantitative estimate of drug-likeness (QED) is 0.807. The fraction of sp³-hybridized carbons (Fsp3) is 0.611. The lowest BCUT2D eigenvalue weighted by atomic mass is 9.85. The van der Waals surface area contributed by atoms with Crippen molar-refractivity contribution in [2.24, 2.45) is 5.41 Å². The van der Waals surface area contributed by atoms with Crippen LogP contribution in [0.4, 0.5) is 0 Å². The van der Waals surface area contributed by atoms with E-state index in [0.29, 0.717) is 19.1 Å². The molecule has 3 rings (SSSR count). The Morgan fingerprint density at radius 1 is 1.43 bits per heavy atom. The lowest BCUT2D eigenvalue weighted by molar-refractivity contribution is -0.136. The fourth-order valence-corrected chi connectivity index (χ4v) is 3.79. The molecule has 3 heterocycles. The average Bonchev–Trinajstić information content (AvgIpc) is 3.23. The molecule has 2 aliphatic heterocycles. The number of nitrogens with zero attached hydrogens (tertiary/aromatic N) is 2. The standard InChI is InChI=1S/C18H26N2O3/c1-15(12-16-4-3-10-23-16)13-19-7-5-18(14-19)6-8-20(17(18)21)9-11-22-2/h3-4,10,12H,5-9,11,13-14H2,1-2H3/b15-12+. The van der Waals surface area contributed by atoms with Gasteiger partial charge in [0.15, 0.2) is 0 Å². The third kappa shape index (κ3) is 3.51. The Bertz CT molecular complexity index is 567. The molecular formula is C18H26N2O3. The SMILES string of the molecule is COCCN1CCC2(CCN(C/C(C)=C/c3ccco3)C2)C1=O. The molecule has 126 valence electrons. The maximum atomic E-state index is 12.7. The summed E-state index contributed by atoms with van der Waals surface area (Å²) in [5.74, 6) is 1.21. The fourth-order valence-electron chi connectivity index (χ4n) is 3.79. The van der Waals surface area contributed by atoms with Crippen LogP contribution in [0.5, 0.6) is 0 Å². The average molecular weight is 318 g/mol. The highest BCUT2D eigenvalue weighted by Crippen LogP contribution is 2.40. The molecule has 2 fully saturated rings. The molecule has 1 unspecified atom stereocenters. The van der Waals surface area contributed by atoms with E-state index >= 15 is 0 Å². The molecular weight excluding hydrogens is 292 g/mol. The van der Waals surface area contributed by atoms with Gasteiger partial charge in [0.1, 0.15) is 5.76 Å². The molecule has 1 amide bonds. The van der Waals surface area contributed by atoms with E-state index in [0.717, 1.165) is 44.8 Å². The number of likely N-dealkylation sites (tertiary alicyclic amines) is 2. The summed E-state index contributed by atoms with van der Waals surface area (Å²) in [6.07, 6.45) is 5.72. The molecule has 0 N–H and O–H groups in total. The highest BCUT2D eigenvalue weighted by atomic mass is 16.5. The second kappa shape index (κ2) is 6.89. The summed E-state index contributed by atoms with van der Waals surface area (Å²) in [5, 5.41) is 0. The molecule has 1 aromatic heterocycles. The van der Waals surface area contributed by atoms with E-state index < -0.39 is 0 Å². The number of ether oxygens (including phenoxy) is 1. The second-order valence-electron chi connectivity index (χ2n) is 6.78. The zero-order valence-corrected chi connectivity index (χ0v) is 14.1. The number of hydrogen-bond acceptors (Lipinski definition) is 4. The van der Waals surface area contributed by atoms with Gasteiger partial charge >= 0.3 is 0 Å². The van der Waals surface area contributed by atoms with Crippen LogP contribution in [0, 0.1) is 5.41 Å². The van der Waals surface area contributed by atoms with Crippen LogP contribution in [-0.4, -0.2) is 62.1 Å². The van der Waals surface area contributed by atoms with Gasteiger partial charge in [-0.3, -0.25) is 9.69 Å². The number of methoxy groups -OCH3 is 1. The van der Waals surface area contributed by atoms with Crippen molar-refractivity contribution < 1.29 is 13.9 Å². The summed E-state index contributed by atoms with van der Waals surface area (Å²) in [6.45, 7) is 7.09. The van der Waals surface area contributed by atoms with Gasteiger partial charge in [0.25, 0.3) is 0 Å². The van der Waals surface area contributed by atoms with Gasteiger partial charge in [-0.05, 0) is 44.5 Å². The van der Waals surface area contributed by atoms with Gasteiger partial charge in [-0.2, -0.15) is 0 Å². The van der Waals surface area contributed by atoms with Crippen molar-refractivity contribution in [2.45, 2.75) is 19.8 Å². The Hall–Kier alpha value is -1.59. The van der Waals surface area contributed by atoms with Crippen molar-refractivity contribution in [3.8, 4) is 0 Å². The van der Waals surface area contributed by atoms with Gasteiger partial charge < -0.3 is 14.1 Å². The zero-order valence-electron chi connectivity index (χ0n) is 14.1. The molecule has 2 aliphatic rings. The Morgan fingerprint density at radius 2 is 2.26 bits per heavy atom. The number of hydrogen-bond donors (Lipinski definition) is 0. The zero-order chi connectivity index (χ0) is 16.3. The summed E-state index contributed by atoms with van der Waals surface area (Å²) in [4.78, 5) is 17.1. The maximum Gasteiger partial charge on any atom is 0.230 e. The van der Waals surface area contributed by atoms with Gasteiger partial charge in [-0.25, -0.2) is 0 Å². The molecule has 0 aromatic carbocycles. The van der Waals surface area contributed by atoms with Crippen LogP contribution in [0.15, 0.2) is 28.4 Å². The van der Waals surface area contributed by atoms with Crippen LogP contribution in [0.2, 0.25) is 0 Å². The summed E-state index contributed by atoms with van der Waals surface area (Å²) in [6, 6.07) is 3.86. The Labute approximate surface area is 137 Å². The lowest BCUT2D eigenvalue weighted by Gasteiger charge is -2.23. The van der Waals surface area contributed by atoms with E-state index in [1.807, 2.05) is 17.0 Å². The van der Waals surface area contributed by atoms with E-state index in [4.69, 9.17) is 9.15 Å². The number of carbonyl (C=O) groups is 1. The minimum absolute atomic E-state index is 0.154. The van der Waals surface area contributed by atoms with Crippen LogP contribution in [0.1, 0.15) is 25.5 Å². The Kier molecular flexibility index (Phi) is 4.87. The highest BCUT2D eigenvalue weighted by molar-refractivity contribution is 5.85. The molecule has 23 heavy (non-hydrogen) atoms. The molecule has 5 heteroatoms. The Balaban J connectivity index is 1.57. The highest BCUT2D eigenvalue weighted by Gasteiger charge is 2.50. The lowest BCUT2D eigenvalue weighted by Crippen LogP contribution is -2.38. The van der Waals surface area contributed by atoms with Crippen LogP contribution in [0.25, 0.3) is 6.08 Å². The largest absolute Gasteiger partial charge is 0.465 e. The first-order valence-corrected chi connectivity index (χ1v) is 8.34. The van der Waals surface area contributed by atoms with Crippen molar-refractivity contribution >= 4 is 12.0 Å². The van der Waals surface area contributed by atoms with Crippen molar-refractivity contribution in [3.63, 3.8) is 0 Å². The maximum absolute atomic E-state index is 12.7. The molecule has 5 nitrogen and oxygen atoms in total. The second-order valence-corrected chi connectivity index (χ2v) is 6.78. The first-order valence-electron chi connectivity index (χ1n) is 8.34. The van der Waals surface area contributed by atoms with Crippen LogP contribution in [-0.2, 0) is 9.53 Å². The predicted molar refractivity (Wildman–Crippen MR) is 88.9 cm³/mol. The topological polar surface area (TPSA) is 45.9 Å². The van der Waals surface area contributed by atoms with E-state index in [2.05, 4.69) is 17.9 Å². The number of amides is 1. The van der Waals surface area contributed by atoms with E-state index in [1.165, 1.54) is 5.57 Å². The van der Waals surface area contributed by atoms with Gasteiger partial charge in [-0.1, -0.05) is 5.57 Å². The van der Waals surface area contributed by atoms with Gasteiger partial charge in [0.2, 0.25) is 5.91 Å². The normalized spacial score (nSPS) is 25.9. The number of furan rings is 1. The van der Waals surface area contributed by atoms with Crippen LogP contribution >= 0.6 is 0 Å². The van der Waals surface area contributed by atoms with Crippen molar-refractivity contribution in [1.82, 2.24) is 9.80 Å². The van der Waals surface area contributed by atoms with Crippen LogP contribution < -0.4 is 0 Å². The van der Waals surface area contributed by atoms with Crippen molar-refractivity contribution in [2.75, 3.05) is 46.4 Å². The summed E-state index contributed by atoms with van der Waals surface area (Å²) < 4.78 is 10.5. The van der Waals surface area contributed by atoms with Gasteiger partial charge in [-0.15, -0.1) is 0 Å². The first kappa shape index (κ1) is 16.3. The molecule has 1 spiro atoms. The molecule has 0 saturated carbocycles. The number of carbonyl (C=O) groups excluding carboxylic acids is 1. The minimum Gasteiger partial charge on any atom is -0.465 e. The molecule has 0 bridgehead atoms. The van der Waals surface area contributed by atoms with Crippen LogP contribution in [0.3, 0.4) is 0 Å². The summed E-state index contributed by atoms with van der Waals surface area (Å²) in [7, 11) is 1.68. The molecule has 0 aliphatic carbocycles. The minimum atomic E-state index is -0.154. The molecule has 0 radical (unpaired) electrons. The van der Waals surface area contributed by atoms with E-state index in [1.54, 1.807) is 13.4 Å². The number of rotatable bonds is 6. The van der Waals surface area contributed by atoms with Gasteiger partial charge in [0.05, 0.1) is 18.3 Å². The van der Waals surface area contributed by atoms with Crippen molar-refractivity contribution in [3.05, 3.63) is 29.7 Å². The summed E-state index contributed by atoms with van der Waals surface area (Å²) in [5.41, 5.74) is 1.11. The van der Waals surface area contributed by atoms with E-state index in [-0.39, 0.29) is 5.41 Å².